The number of nitrogens with zero attached hydrogens (tertiary/aromatic N) is 5. The molecule has 0 unspecified atom stereocenters. The monoisotopic (exact) mass is 431 g/mol. The van der Waals surface area contributed by atoms with Crippen molar-refractivity contribution in [3.05, 3.63) is 64.6 Å². The van der Waals surface area contributed by atoms with Crippen LogP contribution in [0.2, 0.25) is 5.02 Å². The molecule has 0 saturated carbocycles. The third-order valence-electron chi connectivity index (χ3n) is 3.70. The highest BCUT2D eigenvalue weighted by atomic mass is 35.5. The van der Waals surface area contributed by atoms with Gasteiger partial charge in [-0.1, -0.05) is 64.7 Å². The predicted molar refractivity (Wildman–Crippen MR) is 113 cm³/mol. The lowest BCUT2D eigenvalue weighted by Gasteiger charge is -2.10. The van der Waals surface area contributed by atoms with Crippen LogP contribution < -0.4 is 0 Å². The number of hydrogen-bond acceptors (Lipinski definition) is 7. The molecule has 0 aliphatic heterocycles. The van der Waals surface area contributed by atoms with Crippen molar-refractivity contribution < 1.29 is 0 Å². The first-order valence-corrected chi connectivity index (χ1v) is 11.4. The number of benzene rings is 2. The second-order valence-corrected chi connectivity index (χ2v) is 8.93. The number of halogens is 1. The van der Waals surface area contributed by atoms with Crippen molar-refractivity contribution >= 4 is 46.5 Å². The molecular weight excluding hydrogens is 418 g/mol. The van der Waals surface area contributed by atoms with Gasteiger partial charge in [0, 0.05) is 16.3 Å². The molecular formula is C18H14ClN5S3. The van der Waals surface area contributed by atoms with Gasteiger partial charge < -0.3 is 0 Å². The van der Waals surface area contributed by atoms with E-state index in [1.165, 1.54) is 0 Å². The zero-order valence-corrected chi connectivity index (χ0v) is 17.4. The van der Waals surface area contributed by atoms with Gasteiger partial charge >= 0.3 is 0 Å². The van der Waals surface area contributed by atoms with Crippen molar-refractivity contribution in [2.45, 2.75) is 15.2 Å². The van der Waals surface area contributed by atoms with E-state index in [0.717, 1.165) is 31.6 Å². The van der Waals surface area contributed by atoms with Gasteiger partial charge in [-0.25, -0.2) is 0 Å². The Morgan fingerprint density at radius 1 is 0.963 bits per heavy atom. The molecule has 0 saturated heterocycles. The van der Waals surface area contributed by atoms with Crippen LogP contribution in [-0.2, 0) is 5.75 Å². The van der Waals surface area contributed by atoms with Crippen LogP contribution in [0, 0.1) is 0 Å². The smallest absolute Gasteiger partial charge is 0.196 e. The third kappa shape index (κ3) is 4.19. The van der Waals surface area contributed by atoms with Crippen LogP contribution >= 0.6 is 46.5 Å². The number of hydrogen-bond donors (Lipinski definition) is 0. The van der Waals surface area contributed by atoms with Gasteiger partial charge in [-0.05, 0) is 42.7 Å². The van der Waals surface area contributed by atoms with Gasteiger partial charge in [-0.15, -0.1) is 20.4 Å². The largest absolute Gasteiger partial charge is 0.270 e. The van der Waals surface area contributed by atoms with Gasteiger partial charge in [0.25, 0.3) is 0 Å². The fourth-order valence-electron chi connectivity index (χ4n) is 2.46. The van der Waals surface area contributed by atoms with E-state index in [1.807, 2.05) is 60.9 Å². The van der Waals surface area contributed by atoms with Crippen LogP contribution in [0.15, 0.2) is 64.1 Å². The quantitative estimate of drug-likeness (QED) is 0.378. The Morgan fingerprint density at radius 2 is 1.74 bits per heavy atom. The van der Waals surface area contributed by atoms with Gasteiger partial charge in [0.2, 0.25) is 0 Å². The number of para-hydroxylation sites is 1. The van der Waals surface area contributed by atoms with Crippen LogP contribution in [0.25, 0.3) is 17.1 Å². The molecule has 0 aliphatic carbocycles. The van der Waals surface area contributed by atoms with E-state index in [9.17, 15) is 0 Å². The summed E-state index contributed by atoms with van der Waals surface area (Å²) >= 11 is 10.8. The first-order valence-electron chi connectivity index (χ1n) is 8.00. The molecule has 9 heteroatoms. The maximum Gasteiger partial charge on any atom is 0.196 e. The molecule has 2 heterocycles. The lowest BCUT2D eigenvalue weighted by molar-refractivity contribution is 0.884. The molecule has 0 aliphatic rings. The Bertz CT molecular complexity index is 1030. The summed E-state index contributed by atoms with van der Waals surface area (Å²) in [5.41, 5.74) is 1.97. The predicted octanol–water partition coefficient (Wildman–Crippen LogP) is 5.45. The standard InChI is InChI=1S/C18H14ClN5S3/c1-25-18-23-20-15(27-18)11-26-17-22-21-16(12-7-9-13(19)10-8-12)24(17)14-5-3-2-4-6-14/h2-10H,11H2,1H3. The molecule has 0 amide bonds. The van der Waals surface area contributed by atoms with Crippen molar-refractivity contribution in [1.82, 2.24) is 25.0 Å². The maximum absolute atomic E-state index is 6.03. The van der Waals surface area contributed by atoms with Gasteiger partial charge in [0.1, 0.15) is 5.01 Å². The Balaban J connectivity index is 1.69. The van der Waals surface area contributed by atoms with Crippen LogP contribution in [0.5, 0.6) is 0 Å². The first kappa shape index (κ1) is 18.5. The summed E-state index contributed by atoms with van der Waals surface area (Å²) in [6, 6.07) is 17.7. The molecule has 27 heavy (non-hydrogen) atoms. The van der Waals surface area contributed by atoms with Gasteiger partial charge in [0.15, 0.2) is 15.3 Å². The molecule has 0 N–H and O–H groups in total. The molecule has 2 aromatic heterocycles. The molecule has 4 aromatic rings. The van der Waals surface area contributed by atoms with Crippen LogP contribution in [0.4, 0.5) is 0 Å². The molecule has 0 atom stereocenters. The molecule has 0 fully saturated rings. The van der Waals surface area contributed by atoms with E-state index >= 15 is 0 Å². The third-order valence-corrected chi connectivity index (χ3v) is 6.97. The van der Waals surface area contributed by atoms with E-state index in [-0.39, 0.29) is 0 Å². The summed E-state index contributed by atoms with van der Waals surface area (Å²) < 4.78 is 3.03. The van der Waals surface area contributed by atoms with Crippen LogP contribution in [-0.4, -0.2) is 31.2 Å². The van der Waals surface area contributed by atoms with Crippen LogP contribution in [0.1, 0.15) is 5.01 Å². The van der Waals surface area contributed by atoms with Crippen molar-refractivity contribution in [2.24, 2.45) is 0 Å². The van der Waals surface area contributed by atoms with Crippen molar-refractivity contribution in [2.75, 3.05) is 6.26 Å². The lowest BCUT2D eigenvalue weighted by atomic mass is 10.2. The van der Waals surface area contributed by atoms with E-state index in [0.29, 0.717) is 10.8 Å². The normalized spacial score (nSPS) is 11.0. The summed E-state index contributed by atoms with van der Waals surface area (Å²) in [4.78, 5) is 0. The highest BCUT2D eigenvalue weighted by Crippen LogP contribution is 2.31. The zero-order chi connectivity index (χ0) is 18.6. The Morgan fingerprint density at radius 3 is 2.44 bits per heavy atom. The average molecular weight is 432 g/mol. The van der Waals surface area contributed by atoms with E-state index in [2.05, 4.69) is 25.0 Å². The Labute approximate surface area is 174 Å². The summed E-state index contributed by atoms with van der Waals surface area (Å²) in [5, 5.41) is 19.7. The SMILES string of the molecule is CSc1nnc(CSc2nnc(-c3ccc(Cl)cc3)n2-c2ccccc2)s1. The molecule has 2 aromatic carbocycles. The van der Waals surface area contributed by atoms with Crippen LogP contribution in [0.3, 0.4) is 0 Å². The Kier molecular flexibility index (Phi) is 5.77. The Hall–Kier alpha value is -1.87. The van der Waals surface area contributed by atoms with Crippen molar-refractivity contribution in [1.29, 1.82) is 0 Å². The van der Waals surface area contributed by atoms with E-state index in [4.69, 9.17) is 11.6 Å². The maximum atomic E-state index is 6.03. The highest BCUT2D eigenvalue weighted by Gasteiger charge is 2.17. The topological polar surface area (TPSA) is 56.5 Å². The summed E-state index contributed by atoms with van der Waals surface area (Å²) in [6.45, 7) is 0. The summed E-state index contributed by atoms with van der Waals surface area (Å²) in [5.74, 6) is 1.48. The van der Waals surface area contributed by atoms with E-state index in [1.54, 1.807) is 34.9 Å². The van der Waals surface area contributed by atoms with Gasteiger partial charge in [0.05, 0.1) is 5.75 Å². The van der Waals surface area contributed by atoms with Gasteiger partial charge in [-0.2, -0.15) is 0 Å². The lowest BCUT2D eigenvalue weighted by Crippen LogP contribution is -1.99. The first-order chi connectivity index (χ1) is 13.2. The summed E-state index contributed by atoms with van der Waals surface area (Å²) in [7, 11) is 0. The minimum absolute atomic E-state index is 0.694. The number of rotatable bonds is 6. The highest BCUT2D eigenvalue weighted by molar-refractivity contribution is 8.00. The molecule has 136 valence electrons. The molecule has 5 nitrogen and oxygen atoms in total. The molecule has 0 bridgehead atoms. The molecule has 4 rings (SSSR count). The molecule has 0 radical (unpaired) electrons. The second kappa shape index (κ2) is 8.43. The van der Waals surface area contributed by atoms with Crippen molar-refractivity contribution in [3.8, 4) is 17.1 Å². The average Bonchev–Trinajstić information content (AvgIpc) is 3.34. The molecule has 0 spiro atoms. The fourth-order valence-corrected chi connectivity index (χ4v) is 4.84. The van der Waals surface area contributed by atoms with Crippen molar-refractivity contribution in [3.63, 3.8) is 0 Å². The summed E-state index contributed by atoms with van der Waals surface area (Å²) in [6.07, 6.45) is 2.00. The number of thioether (sulfide) groups is 2. The minimum atomic E-state index is 0.694. The van der Waals surface area contributed by atoms with Gasteiger partial charge in [-0.3, -0.25) is 4.57 Å². The number of aromatic nitrogens is 5. The minimum Gasteiger partial charge on any atom is -0.270 e. The fraction of sp³-hybridized carbons (Fsp3) is 0.111. The van der Waals surface area contributed by atoms with E-state index < -0.39 is 0 Å². The zero-order valence-electron chi connectivity index (χ0n) is 14.2. The second-order valence-electron chi connectivity index (χ2n) is 5.44.